The highest BCUT2D eigenvalue weighted by molar-refractivity contribution is 7.90. The number of allylic oxidation sites excluding steroid dienone is 2. The van der Waals surface area contributed by atoms with Crippen molar-refractivity contribution in [1.82, 2.24) is 3.97 Å². The van der Waals surface area contributed by atoms with E-state index in [1.54, 1.807) is 37.3 Å². The van der Waals surface area contributed by atoms with Crippen LogP contribution in [0.25, 0.3) is 16.5 Å². The van der Waals surface area contributed by atoms with E-state index >= 15 is 0 Å². The van der Waals surface area contributed by atoms with E-state index in [4.69, 9.17) is 0 Å². The number of hydrogen-bond donors (Lipinski definition) is 1. The van der Waals surface area contributed by atoms with Crippen LogP contribution in [0, 0.1) is 5.92 Å². The number of hydrogen-bond acceptors (Lipinski definition) is 3. The van der Waals surface area contributed by atoms with Gasteiger partial charge in [0.25, 0.3) is 10.0 Å². The maximum Gasteiger partial charge on any atom is 0.268 e. The van der Waals surface area contributed by atoms with E-state index in [0.717, 1.165) is 30.2 Å². The standard InChI is InChI=1S/C23H23NO3S/c1-23(25)15-16-9-5-6-12-18(16)21-19-13-7-8-14-20(19)24(22(21)23)28(26,27)17-10-3-2-4-11-17/h2-4,7-8,10-14,16,25H,5-6,9,15H2,1H3. The van der Waals surface area contributed by atoms with E-state index in [-0.39, 0.29) is 10.8 Å². The van der Waals surface area contributed by atoms with Crippen molar-refractivity contribution >= 4 is 26.5 Å². The van der Waals surface area contributed by atoms with Crippen molar-refractivity contribution in [3.63, 3.8) is 0 Å². The van der Waals surface area contributed by atoms with Crippen molar-refractivity contribution in [2.45, 2.75) is 43.1 Å². The minimum atomic E-state index is -3.84. The van der Waals surface area contributed by atoms with Gasteiger partial charge in [0.2, 0.25) is 0 Å². The van der Waals surface area contributed by atoms with E-state index in [0.29, 0.717) is 17.6 Å². The molecule has 2 aliphatic carbocycles. The molecule has 2 aliphatic rings. The Balaban J connectivity index is 1.92. The van der Waals surface area contributed by atoms with Crippen molar-refractivity contribution < 1.29 is 13.5 Å². The topological polar surface area (TPSA) is 59.3 Å². The Morgan fingerprint density at radius 1 is 1.07 bits per heavy atom. The summed E-state index contributed by atoms with van der Waals surface area (Å²) in [7, 11) is -3.84. The molecule has 0 radical (unpaired) electrons. The normalized spacial score (nSPS) is 24.5. The first-order chi connectivity index (χ1) is 13.4. The summed E-state index contributed by atoms with van der Waals surface area (Å²) in [4.78, 5) is 0.231. The van der Waals surface area contributed by atoms with Gasteiger partial charge in [-0.2, -0.15) is 0 Å². The number of aliphatic hydroxyl groups is 1. The second-order valence-corrected chi connectivity index (χ2v) is 9.88. The van der Waals surface area contributed by atoms with Gasteiger partial charge in [-0.3, -0.25) is 0 Å². The number of fused-ring (bicyclic) bond motifs is 5. The molecular weight excluding hydrogens is 370 g/mol. The van der Waals surface area contributed by atoms with E-state index in [1.807, 2.05) is 24.3 Å². The van der Waals surface area contributed by atoms with Crippen LogP contribution in [0.15, 0.2) is 65.6 Å². The lowest BCUT2D eigenvalue weighted by Crippen LogP contribution is -2.35. The minimum Gasteiger partial charge on any atom is -0.384 e. The Morgan fingerprint density at radius 3 is 2.57 bits per heavy atom. The first kappa shape index (κ1) is 17.7. The molecule has 0 aliphatic heterocycles. The van der Waals surface area contributed by atoms with Gasteiger partial charge in [0.1, 0.15) is 5.60 Å². The van der Waals surface area contributed by atoms with Crippen molar-refractivity contribution in [3.8, 4) is 0 Å². The van der Waals surface area contributed by atoms with Crippen LogP contribution in [-0.4, -0.2) is 17.5 Å². The molecule has 0 amide bonds. The maximum atomic E-state index is 13.7. The highest BCUT2D eigenvalue weighted by Crippen LogP contribution is 2.52. The van der Waals surface area contributed by atoms with Crippen LogP contribution in [0.5, 0.6) is 0 Å². The van der Waals surface area contributed by atoms with E-state index in [1.165, 1.54) is 9.55 Å². The first-order valence-corrected chi connectivity index (χ1v) is 11.2. The number of aromatic nitrogens is 1. The van der Waals surface area contributed by atoms with Gasteiger partial charge >= 0.3 is 0 Å². The summed E-state index contributed by atoms with van der Waals surface area (Å²) >= 11 is 0. The molecule has 0 fully saturated rings. The third kappa shape index (κ3) is 2.43. The SMILES string of the molecule is CC1(O)CC2CCCC=C2c2c1n(S(=O)(=O)c1ccccc1)c1ccccc21. The second-order valence-electron chi connectivity index (χ2n) is 8.09. The van der Waals surface area contributed by atoms with E-state index < -0.39 is 15.6 Å². The first-order valence-electron chi connectivity index (χ1n) is 9.78. The summed E-state index contributed by atoms with van der Waals surface area (Å²) in [6.07, 6.45) is 5.94. The Labute approximate surface area is 165 Å². The average Bonchev–Trinajstić information content (AvgIpc) is 3.06. The summed E-state index contributed by atoms with van der Waals surface area (Å²) in [5.41, 5.74) is 2.03. The maximum absolute atomic E-state index is 13.7. The molecule has 0 spiro atoms. The summed E-state index contributed by atoms with van der Waals surface area (Å²) in [5.74, 6) is 0.273. The zero-order valence-corrected chi connectivity index (χ0v) is 16.6. The van der Waals surface area contributed by atoms with Crippen molar-refractivity contribution in [1.29, 1.82) is 0 Å². The van der Waals surface area contributed by atoms with Crippen LogP contribution in [-0.2, 0) is 15.6 Å². The third-order valence-corrected chi connectivity index (χ3v) is 7.84. The van der Waals surface area contributed by atoms with Gasteiger partial charge in [-0.1, -0.05) is 42.5 Å². The molecule has 4 nitrogen and oxygen atoms in total. The molecule has 5 heteroatoms. The second kappa shape index (κ2) is 6.06. The summed E-state index contributed by atoms with van der Waals surface area (Å²) in [5, 5.41) is 12.3. The van der Waals surface area contributed by atoms with Gasteiger partial charge < -0.3 is 5.11 Å². The number of benzene rings is 2. The van der Waals surface area contributed by atoms with Crippen LogP contribution < -0.4 is 0 Å². The van der Waals surface area contributed by atoms with Crippen LogP contribution in [0.3, 0.4) is 0 Å². The predicted octanol–water partition coefficient (Wildman–Crippen LogP) is 4.67. The highest BCUT2D eigenvalue weighted by atomic mass is 32.2. The fraction of sp³-hybridized carbons (Fsp3) is 0.304. The van der Waals surface area contributed by atoms with E-state index in [9.17, 15) is 13.5 Å². The smallest absolute Gasteiger partial charge is 0.268 e. The molecule has 5 rings (SSSR count). The third-order valence-electron chi connectivity index (χ3n) is 6.12. The van der Waals surface area contributed by atoms with Gasteiger partial charge in [-0.15, -0.1) is 0 Å². The Hall–Kier alpha value is -2.37. The summed E-state index contributed by atoms with van der Waals surface area (Å²) in [6, 6.07) is 16.1. The quantitative estimate of drug-likeness (QED) is 0.688. The van der Waals surface area contributed by atoms with Crippen molar-refractivity contribution in [3.05, 3.63) is 71.9 Å². The van der Waals surface area contributed by atoms with Crippen molar-refractivity contribution in [2.24, 2.45) is 5.92 Å². The number of nitrogens with zero attached hydrogens (tertiary/aromatic N) is 1. The molecule has 144 valence electrons. The molecule has 1 N–H and O–H groups in total. The van der Waals surface area contributed by atoms with Crippen molar-refractivity contribution in [2.75, 3.05) is 0 Å². The van der Waals surface area contributed by atoms with Crippen LogP contribution in [0.2, 0.25) is 0 Å². The molecule has 1 heterocycles. The molecule has 0 saturated heterocycles. The van der Waals surface area contributed by atoms with Gasteiger partial charge in [-0.05, 0) is 62.3 Å². The lowest BCUT2D eigenvalue weighted by Gasteiger charge is -2.39. The van der Waals surface area contributed by atoms with Gasteiger partial charge in [-0.25, -0.2) is 12.4 Å². The van der Waals surface area contributed by atoms with Crippen LogP contribution in [0.4, 0.5) is 0 Å². The van der Waals surface area contributed by atoms with Gasteiger partial charge in [0, 0.05) is 10.9 Å². The van der Waals surface area contributed by atoms with E-state index in [2.05, 4.69) is 6.08 Å². The number of para-hydroxylation sites is 1. The molecule has 3 aromatic rings. The molecular formula is C23H23NO3S. The molecule has 0 saturated carbocycles. The molecule has 2 unspecified atom stereocenters. The Bertz CT molecular complexity index is 1200. The monoisotopic (exact) mass is 393 g/mol. The van der Waals surface area contributed by atoms with Crippen LogP contribution in [0.1, 0.15) is 43.9 Å². The fourth-order valence-electron chi connectivity index (χ4n) is 4.98. The molecule has 1 aromatic heterocycles. The largest absolute Gasteiger partial charge is 0.384 e. The fourth-order valence-corrected chi connectivity index (χ4v) is 6.64. The lowest BCUT2D eigenvalue weighted by atomic mass is 9.70. The zero-order valence-electron chi connectivity index (χ0n) is 15.8. The molecule has 2 atom stereocenters. The minimum absolute atomic E-state index is 0.231. The predicted molar refractivity (Wildman–Crippen MR) is 110 cm³/mol. The Morgan fingerprint density at radius 2 is 1.79 bits per heavy atom. The van der Waals surface area contributed by atoms with Crippen LogP contribution >= 0.6 is 0 Å². The summed E-state index contributed by atoms with van der Waals surface area (Å²) in [6.45, 7) is 1.76. The lowest BCUT2D eigenvalue weighted by molar-refractivity contribution is 0.0262. The van der Waals surface area contributed by atoms with Gasteiger partial charge in [0.15, 0.2) is 0 Å². The molecule has 2 aromatic carbocycles. The zero-order chi connectivity index (χ0) is 19.5. The van der Waals surface area contributed by atoms with Gasteiger partial charge in [0.05, 0.1) is 16.1 Å². The Kier molecular flexibility index (Phi) is 3.83. The number of rotatable bonds is 2. The molecule has 28 heavy (non-hydrogen) atoms. The average molecular weight is 394 g/mol. The highest BCUT2D eigenvalue weighted by Gasteiger charge is 2.44. The summed E-state index contributed by atoms with van der Waals surface area (Å²) < 4.78 is 28.7. The molecule has 0 bridgehead atoms.